The van der Waals surface area contributed by atoms with Gasteiger partial charge in [-0.3, -0.25) is 9.59 Å². The number of carbonyl (C=O) groups excluding carboxylic acids is 1. The highest BCUT2D eigenvalue weighted by atomic mass is 16.5. The smallest absolute Gasteiger partial charge is 0.290 e. The molecule has 1 unspecified atom stereocenters. The Labute approximate surface area is 168 Å². The SMILES string of the molecule is CC(C)OCCCN1C(=O)c2oc3ccccc3c(=O)c2C1c1cccc(O)c1. The summed E-state index contributed by atoms with van der Waals surface area (Å²) in [4.78, 5) is 28.1. The van der Waals surface area contributed by atoms with E-state index in [1.54, 1.807) is 53.4 Å². The van der Waals surface area contributed by atoms with Crippen LogP contribution in [0.2, 0.25) is 0 Å². The molecule has 0 spiro atoms. The second kappa shape index (κ2) is 7.72. The van der Waals surface area contributed by atoms with Crippen molar-refractivity contribution in [3.63, 3.8) is 0 Å². The topological polar surface area (TPSA) is 80.0 Å². The Morgan fingerprint density at radius 1 is 1.14 bits per heavy atom. The van der Waals surface area contributed by atoms with Crippen LogP contribution in [-0.4, -0.2) is 35.2 Å². The van der Waals surface area contributed by atoms with E-state index in [2.05, 4.69) is 0 Å². The van der Waals surface area contributed by atoms with Crippen molar-refractivity contribution in [1.82, 2.24) is 4.90 Å². The third-order valence-corrected chi connectivity index (χ3v) is 5.05. The summed E-state index contributed by atoms with van der Waals surface area (Å²) in [7, 11) is 0. The van der Waals surface area contributed by atoms with E-state index < -0.39 is 6.04 Å². The Hall–Kier alpha value is -3.12. The number of aromatic hydroxyl groups is 1. The van der Waals surface area contributed by atoms with Gasteiger partial charge in [-0.25, -0.2) is 0 Å². The summed E-state index contributed by atoms with van der Waals surface area (Å²) in [5.41, 5.74) is 1.17. The van der Waals surface area contributed by atoms with Crippen molar-refractivity contribution in [2.75, 3.05) is 13.2 Å². The Bertz CT molecular complexity index is 1120. The van der Waals surface area contributed by atoms with Gasteiger partial charge in [0.25, 0.3) is 5.91 Å². The van der Waals surface area contributed by atoms with E-state index in [1.165, 1.54) is 0 Å². The highest BCUT2D eigenvalue weighted by Gasteiger charge is 2.42. The molecule has 3 aromatic rings. The molecule has 1 amide bonds. The highest BCUT2D eigenvalue weighted by Crippen LogP contribution is 2.38. The molecule has 150 valence electrons. The van der Waals surface area contributed by atoms with Crippen LogP contribution in [0.3, 0.4) is 0 Å². The number of phenols is 1. The van der Waals surface area contributed by atoms with Crippen LogP contribution in [0.15, 0.2) is 57.7 Å². The summed E-state index contributed by atoms with van der Waals surface area (Å²) < 4.78 is 11.5. The molecule has 0 saturated carbocycles. The Morgan fingerprint density at radius 2 is 1.93 bits per heavy atom. The van der Waals surface area contributed by atoms with Gasteiger partial charge in [-0.15, -0.1) is 0 Å². The normalized spacial score (nSPS) is 16.0. The van der Waals surface area contributed by atoms with Crippen molar-refractivity contribution in [3.8, 4) is 5.75 Å². The van der Waals surface area contributed by atoms with Crippen LogP contribution in [0.25, 0.3) is 11.0 Å². The lowest BCUT2D eigenvalue weighted by molar-refractivity contribution is 0.0593. The lowest BCUT2D eigenvalue weighted by Gasteiger charge is -2.25. The van der Waals surface area contributed by atoms with Gasteiger partial charge in [0.2, 0.25) is 5.76 Å². The van der Waals surface area contributed by atoms with Crippen molar-refractivity contribution in [1.29, 1.82) is 0 Å². The van der Waals surface area contributed by atoms with Gasteiger partial charge in [0.15, 0.2) is 5.43 Å². The average Bonchev–Trinajstić information content (AvgIpc) is 2.98. The lowest BCUT2D eigenvalue weighted by atomic mass is 9.98. The fraction of sp³-hybridized carbons (Fsp3) is 0.304. The van der Waals surface area contributed by atoms with Crippen LogP contribution in [0, 0.1) is 0 Å². The van der Waals surface area contributed by atoms with Gasteiger partial charge in [-0.2, -0.15) is 0 Å². The zero-order chi connectivity index (χ0) is 20.5. The first-order chi connectivity index (χ1) is 14.0. The summed E-state index contributed by atoms with van der Waals surface area (Å²) >= 11 is 0. The minimum atomic E-state index is -0.607. The molecule has 1 N–H and O–H groups in total. The van der Waals surface area contributed by atoms with E-state index >= 15 is 0 Å². The first-order valence-corrected chi connectivity index (χ1v) is 9.74. The first-order valence-electron chi connectivity index (χ1n) is 9.74. The third kappa shape index (κ3) is 3.51. The van der Waals surface area contributed by atoms with Crippen molar-refractivity contribution >= 4 is 16.9 Å². The third-order valence-electron chi connectivity index (χ3n) is 5.05. The largest absolute Gasteiger partial charge is 0.508 e. The molecule has 4 rings (SSSR count). The van der Waals surface area contributed by atoms with Crippen LogP contribution in [0.5, 0.6) is 5.75 Å². The maximum Gasteiger partial charge on any atom is 0.290 e. The molecule has 1 atom stereocenters. The summed E-state index contributed by atoms with van der Waals surface area (Å²) in [6, 6.07) is 13.0. The van der Waals surface area contributed by atoms with E-state index in [1.807, 2.05) is 13.8 Å². The molecule has 6 nitrogen and oxygen atoms in total. The lowest BCUT2D eigenvalue weighted by Crippen LogP contribution is -2.31. The number of hydrogen-bond donors (Lipinski definition) is 1. The Morgan fingerprint density at radius 3 is 2.69 bits per heavy atom. The van der Waals surface area contributed by atoms with Gasteiger partial charge >= 0.3 is 0 Å². The zero-order valence-electron chi connectivity index (χ0n) is 16.4. The number of ether oxygens (including phenoxy) is 1. The van der Waals surface area contributed by atoms with Crippen LogP contribution < -0.4 is 5.43 Å². The average molecular weight is 393 g/mol. The molecule has 2 heterocycles. The maximum absolute atomic E-state index is 13.3. The number of amides is 1. The molecule has 0 fully saturated rings. The van der Waals surface area contributed by atoms with Crippen molar-refractivity contribution in [2.45, 2.75) is 32.4 Å². The number of rotatable bonds is 6. The van der Waals surface area contributed by atoms with E-state index in [9.17, 15) is 14.7 Å². The Kier molecular flexibility index (Phi) is 5.11. The van der Waals surface area contributed by atoms with E-state index in [0.717, 1.165) is 0 Å². The predicted molar refractivity (Wildman–Crippen MR) is 109 cm³/mol. The monoisotopic (exact) mass is 393 g/mol. The minimum absolute atomic E-state index is 0.0758. The summed E-state index contributed by atoms with van der Waals surface area (Å²) in [6.45, 7) is 4.83. The van der Waals surface area contributed by atoms with Crippen molar-refractivity contribution < 1.29 is 19.1 Å². The minimum Gasteiger partial charge on any atom is -0.508 e. The molecule has 0 saturated heterocycles. The second-order valence-electron chi connectivity index (χ2n) is 7.44. The van der Waals surface area contributed by atoms with Crippen molar-refractivity contribution in [3.05, 3.63) is 75.6 Å². The molecule has 1 aliphatic heterocycles. The predicted octanol–water partition coefficient (Wildman–Crippen LogP) is 3.86. The quantitative estimate of drug-likeness (QED) is 0.643. The number of nitrogens with zero attached hydrogens (tertiary/aromatic N) is 1. The zero-order valence-corrected chi connectivity index (χ0v) is 16.4. The summed E-state index contributed by atoms with van der Waals surface area (Å²) in [6.07, 6.45) is 0.734. The molecule has 0 aliphatic carbocycles. The van der Waals surface area contributed by atoms with Gasteiger partial charge in [-0.1, -0.05) is 24.3 Å². The van der Waals surface area contributed by atoms with Gasteiger partial charge < -0.3 is 19.2 Å². The van der Waals surface area contributed by atoms with Gasteiger partial charge in [0.05, 0.1) is 23.1 Å². The molecular formula is C23H23NO5. The molecule has 2 aromatic carbocycles. The number of fused-ring (bicyclic) bond motifs is 2. The summed E-state index contributed by atoms with van der Waals surface area (Å²) in [5.74, 6) is -0.163. The van der Waals surface area contributed by atoms with Crippen LogP contribution in [-0.2, 0) is 4.74 Å². The number of carbonyl (C=O) groups is 1. The van der Waals surface area contributed by atoms with Gasteiger partial charge in [-0.05, 0) is 50.1 Å². The number of phenolic OH excluding ortho intramolecular Hbond substituents is 1. The van der Waals surface area contributed by atoms with Gasteiger partial charge in [0, 0.05) is 13.2 Å². The maximum atomic E-state index is 13.3. The second-order valence-corrected chi connectivity index (χ2v) is 7.44. The van der Waals surface area contributed by atoms with Crippen LogP contribution in [0.4, 0.5) is 0 Å². The standard InChI is InChI=1S/C23H23NO5/c1-14(2)28-12-6-11-24-20(15-7-5-8-16(25)13-15)19-21(26)17-9-3-4-10-18(17)29-22(19)23(24)27/h3-5,7-10,13-14,20,25H,6,11-12H2,1-2H3. The number of benzene rings is 2. The molecule has 6 heteroatoms. The van der Waals surface area contributed by atoms with Gasteiger partial charge in [0.1, 0.15) is 11.3 Å². The number of hydrogen-bond acceptors (Lipinski definition) is 5. The van der Waals surface area contributed by atoms with E-state index in [4.69, 9.17) is 9.15 Å². The molecule has 1 aliphatic rings. The molecule has 29 heavy (non-hydrogen) atoms. The summed E-state index contributed by atoms with van der Waals surface area (Å²) in [5, 5.41) is 10.4. The Balaban J connectivity index is 1.81. The highest BCUT2D eigenvalue weighted by molar-refractivity contribution is 5.99. The molecule has 0 radical (unpaired) electrons. The fourth-order valence-corrected chi connectivity index (χ4v) is 3.79. The van der Waals surface area contributed by atoms with E-state index in [0.29, 0.717) is 41.7 Å². The molecule has 0 bridgehead atoms. The molecule has 1 aromatic heterocycles. The van der Waals surface area contributed by atoms with Crippen LogP contribution >= 0.6 is 0 Å². The fourth-order valence-electron chi connectivity index (χ4n) is 3.79. The first kappa shape index (κ1) is 19.2. The van der Waals surface area contributed by atoms with Crippen molar-refractivity contribution in [2.24, 2.45) is 0 Å². The molecular weight excluding hydrogens is 370 g/mol. The number of para-hydroxylation sites is 1. The van der Waals surface area contributed by atoms with Crippen LogP contribution in [0.1, 0.15) is 48.0 Å². The van der Waals surface area contributed by atoms with E-state index in [-0.39, 0.29) is 28.9 Å².